The van der Waals surface area contributed by atoms with Gasteiger partial charge in [-0.05, 0) is 36.4 Å². The van der Waals surface area contributed by atoms with Crippen LogP contribution in [0.15, 0.2) is 53.1 Å². The number of hydrogen-bond donors (Lipinski definition) is 1. The third-order valence-electron chi connectivity index (χ3n) is 3.23. The molecule has 0 aliphatic carbocycles. The molecule has 3 rings (SSSR count). The lowest BCUT2D eigenvalue weighted by Crippen LogP contribution is -2.05. The Bertz CT molecular complexity index is 842. The molecule has 7 nitrogen and oxygen atoms in total. The third-order valence-corrected chi connectivity index (χ3v) is 3.23. The fraction of sp³-hybridized carbons (Fsp3) is 0.118. The van der Waals surface area contributed by atoms with Crippen LogP contribution < -0.4 is 4.74 Å². The van der Waals surface area contributed by atoms with Gasteiger partial charge in [0.25, 0.3) is 5.89 Å². The molecule has 122 valence electrons. The molecule has 0 saturated heterocycles. The summed E-state index contributed by atoms with van der Waals surface area (Å²) in [4.78, 5) is 16.1. The van der Waals surface area contributed by atoms with Crippen LogP contribution in [-0.4, -0.2) is 28.3 Å². The Morgan fingerprint density at radius 2 is 2.00 bits per heavy atom. The minimum atomic E-state index is -0.545. The van der Waals surface area contributed by atoms with Gasteiger partial charge in [0, 0.05) is 5.56 Å². The average molecular weight is 326 g/mol. The van der Waals surface area contributed by atoms with Crippen molar-refractivity contribution in [1.82, 2.24) is 10.1 Å². The van der Waals surface area contributed by atoms with Crippen molar-refractivity contribution >= 4 is 5.97 Å². The Hall–Kier alpha value is -3.35. The quantitative estimate of drug-likeness (QED) is 0.720. The summed E-state index contributed by atoms with van der Waals surface area (Å²) in [5.74, 6) is 0.768. The summed E-state index contributed by atoms with van der Waals surface area (Å²) in [6.45, 7) is -0.142. The third kappa shape index (κ3) is 3.52. The zero-order chi connectivity index (χ0) is 16.9. The summed E-state index contributed by atoms with van der Waals surface area (Å²) < 4.78 is 15.3. The molecule has 0 amide bonds. The minimum Gasteiger partial charge on any atom is -0.508 e. The lowest BCUT2D eigenvalue weighted by molar-refractivity contribution is 0.0430. The Labute approximate surface area is 137 Å². The molecule has 0 unspecified atom stereocenters. The molecular weight excluding hydrogens is 312 g/mol. The van der Waals surface area contributed by atoms with Gasteiger partial charge in [0.15, 0.2) is 6.61 Å². The van der Waals surface area contributed by atoms with E-state index in [-0.39, 0.29) is 18.2 Å². The lowest BCUT2D eigenvalue weighted by atomic mass is 10.2. The van der Waals surface area contributed by atoms with Gasteiger partial charge in [0.05, 0.1) is 12.7 Å². The van der Waals surface area contributed by atoms with Crippen LogP contribution in [-0.2, 0) is 11.3 Å². The minimum absolute atomic E-state index is 0.0754. The number of ether oxygens (including phenoxy) is 2. The van der Waals surface area contributed by atoms with Crippen molar-refractivity contribution < 1.29 is 23.9 Å². The van der Waals surface area contributed by atoms with Crippen LogP contribution in [0.3, 0.4) is 0 Å². The highest BCUT2D eigenvalue weighted by Gasteiger charge is 2.13. The second kappa shape index (κ2) is 6.82. The number of rotatable bonds is 5. The van der Waals surface area contributed by atoms with Crippen LogP contribution >= 0.6 is 0 Å². The van der Waals surface area contributed by atoms with Gasteiger partial charge in [-0.3, -0.25) is 0 Å². The fourth-order valence-corrected chi connectivity index (χ4v) is 2.00. The van der Waals surface area contributed by atoms with E-state index in [9.17, 15) is 9.90 Å². The first-order valence-electron chi connectivity index (χ1n) is 7.09. The Morgan fingerprint density at radius 3 is 2.75 bits per heavy atom. The molecular formula is C17H14N2O5. The van der Waals surface area contributed by atoms with Crippen molar-refractivity contribution in [3.05, 3.63) is 60.0 Å². The predicted molar refractivity (Wildman–Crippen MR) is 83.5 cm³/mol. The van der Waals surface area contributed by atoms with Crippen LogP contribution in [0.4, 0.5) is 0 Å². The Morgan fingerprint density at radius 1 is 1.21 bits per heavy atom. The first-order chi connectivity index (χ1) is 11.7. The van der Waals surface area contributed by atoms with Gasteiger partial charge < -0.3 is 19.1 Å². The maximum Gasteiger partial charge on any atom is 0.338 e. The smallest absolute Gasteiger partial charge is 0.338 e. The number of nitrogens with zero attached hydrogens (tertiary/aromatic N) is 2. The summed E-state index contributed by atoms with van der Waals surface area (Å²) >= 11 is 0. The van der Waals surface area contributed by atoms with Crippen molar-refractivity contribution in [3.63, 3.8) is 0 Å². The van der Waals surface area contributed by atoms with E-state index in [1.165, 1.54) is 24.3 Å². The number of phenols is 1. The van der Waals surface area contributed by atoms with E-state index < -0.39 is 5.97 Å². The van der Waals surface area contributed by atoms with Gasteiger partial charge >= 0.3 is 5.97 Å². The second-order valence-electron chi connectivity index (χ2n) is 4.87. The van der Waals surface area contributed by atoms with E-state index in [4.69, 9.17) is 14.0 Å². The van der Waals surface area contributed by atoms with E-state index in [1.807, 2.05) is 18.2 Å². The zero-order valence-corrected chi connectivity index (χ0v) is 12.8. The molecule has 0 saturated carbocycles. The molecule has 1 aromatic heterocycles. The van der Waals surface area contributed by atoms with Crippen molar-refractivity contribution in [2.75, 3.05) is 7.11 Å². The maximum atomic E-state index is 11.9. The van der Waals surface area contributed by atoms with E-state index in [0.29, 0.717) is 17.1 Å². The molecule has 0 atom stereocenters. The highest BCUT2D eigenvalue weighted by molar-refractivity contribution is 5.89. The van der Waals surface area contributed by atoms with E-state index in [1.54, 1.807) is 13.2 Å². The normalized spacial score (nSPS) is 10.4. The molecule has 1 N–H and O–H groups in total. The van der Waals surface area contributed by atoms with Crippen molar-refractivity contribution in [2.45, 2.75) is 6.61 Å². The summed E-state index contributed by atoms with van der Waals surface area (Å²) in [6, 6.07) is 13.0. The topological polar surface area (TPSA) is 94.7 Å². The van der Waals surface area contributed by atoms with Crippen LogP contribution in [0.25, 0.3) is 11.4 Å². The van der Waals surface area contributed by atoms with Gasteiger partial charge in [0.1, 0.15) is 11.5 Å². The molecule has 1 heterocycles. The largest absolute Gasteiger partial charge is 0.508 e. The number of phenolic OH excluding ortho intramolecular Hbond substituents is 1. The maximum absolute atomic E-state index is 11.9. The van der Waals surface area contributed by atoms with Crippen LogP contribution in [0, 0.1) is 0 Å². The molecule has 0 radical (unpaired) electrons. The summed E-state index contributed by atoms with van der Waals surface area (Å²) in [6.07, 6.45) is 0. The molecule has 24 heavy (non-hydrogen) atoms. The van der Waals surface area contributed by atoms with Crippen molar-refractivity contribution in [2.24, 2.45) is 0 Å². The number of methoxy groups -OCH3 is 1. The van der Waals surface area contributed by atoms with Gasteiger partial charge in [0.2, 0.25) is 5.82 Å². The number of hydrogen-bond acceptors (Lipinski definition) is 7. The van der Waals surface area contributed by atoms with Gasteiger partial charge in [-0.2, -0.15) is 4.98 Å². The standard InChI is InChI=1S/C17H14N2O5/c1-22-14-4-2-3-12(9-14)16-18-15(24-19-16)10-23-17(21)11-5-7-13(20)8-6-11/h2-9,20H,10H2,1H3. The molecule has 2 aromatic carbocycles. The van der Waals surface area contributed by atoms with Crippen LogP contribution in [0.2, 0.25) is 0 Å². The van der Waals surface area contributed by atoms with Crippen LogP contribution in [0.5, 0.6) is 11.5 Å². The fourth-order valence-electron chi connectivity index (χ4n) is 2.00. The average Bonchev–Trinajstić information content (AvgIpc) is 3.09. The molecule has 3 aromatic rings. The zero-order valence-electron chi connectivity index (χ0n) is 12.8. The Kier molecular flexibility index (Phi) is 4.42. The first kappa shape index (κ1) is 15.5. The van der Waals surface area contributed by atoms with Crippen molar-refractivity contribution in [1.29, 1.82) is 0 Å². The monoisotopic (exact) mass is 326 g/mol. The van der Waals surface area contributed by atoms with E-state index in [0.717, 1.165) is 5.56 Å². The highest BCUT2D eigenvalue weighted by Crippen LogP contribution is 2.21. The summed E-state index contributed by atoms with van der Waals surface area (Å²) in [7, 11) is 1.57. The van der Waals surface area contributed by atoms with Gasteiger partial charge in [-0.15, -0.1) is 0 Å². The van der Waals surface area contributed by atoms with Crippen LogP contribution in [0.1, 0.15) is 16.2 Å². The lowest BCUT2D eigenvalue weighted by Gasteiger charge is -2.01. The molecule has 0 bridgehead atoms. The van der Waals surface area contributed by atoms with Gasteiger partial charge in [-0.1, -0.05) is 17.3 Å². The number of carbonyl (C=O) groups is 1. The predicted octanol–water partition coefficient (Wildman–Crippen LogP) is 2.81. The highest BCUT2D eigenvalue weighted by atomic mass is 16.6. The number of esters is 1. The van der Waals surface area contributed by atoms with Crippen molar-refractivity contribution in [3.8, 4) is 22.9 Å². The molecule has 0 fully saturated rings. The van der Waals surface area contributed by atoms with Gasteiger partial charge in [-0.25, -0.2) is 4.79 Å². The molecule has 0 aliphatic heterocycles. The summed E-state index contributed by atoms with van der Waals surface area (Å²) in [5, 5.41) is 13.1. The van der Waals surface area contributed by atoms with E-state index >= 15 is 0 Å². The molecule has 0 spiro atoms. The number of benzene rings is 2. The number of aromatic hydroxyl groups is 1. The molecule has 0 aliphatic rings. The Balaban J connectivity index is 1.65. The SMILES string of the molecule is COc1cccc(-c2noc(COC(=O)c3ccc(O)cc3)n2)c1. The number of carbonyl (C=O) groups excluding carboxylic acids is 1. The molecule has 7 heteroatoms. The second-order valence-corrected chi connectivity index (χ2v) is 4.87. The van der Waals surface area contributed by atoms with E-state index in [2.05, 4.69) is 10.1 Å². The number of aromatic nitrogens is 2. The first-order valence-corrected chi connectivity index (χ1v) is 7.09. The summed E-state index contributed by atoms with van der Waals surface area (Å²) in [5.41, 5.74) is 1.05.